The normalized spacial score (nSPS) is 19.4. The lowest BCUT2D eigenvalue weighted by Crippen LogP contribution is -2.31. The summed E-state index contributed by atoms with van der Waals surface area (Å²) >= 11 is 0. The van der Waals surface area contributed by atoms with Gasteiger partial charge in [-0.05, 0) is 43.4 Å². The summed E-state index contributed by atoms with van der Waals surface area (Å²) in [6.07, 6.45) is 2.03. The average Bonchev–Trinajstić information content (AvgIpc) is 3.10. The van der Waals surface area contributed by atoms with Gasteiger partial charge in [0.2, 0.25) is 0 Å². The van der Waals surface area contributed by atoms with Crippen LogP contribution in [0.1, 0.15) is 31.4 Å². The van der Waals surface area contributed by atoms with Crippen LogP contribution in [0.4, 0.5) is 4.39 Å². The molecular weight excluding hydrogens is 205 g/mol. The molecule has 3 heteroatoms. The molecule has 0 heterocycles. The van der Waals surface area contributed by atoms with Crippen LogP contribution < -0.4 is 5.32 Å². The lowest BCUT2D eigenvalue weighted by atomic mass is 10.1. The molecule has 16 heavy (non-hydrogen) atoms. The van der Waals surface area contributed by atoms with Crippen LogP contribution >= 0.6 is 0 Å². The third-order valence-corrected chi connectivity index (χ3v) is 3.22. The van der Waals surface area contributed by atoms with Crippen molar-refractivity contribution in [2.24, 2.45) is 5.92 Å². The fourth-order valence-corrected chi connectivity index (χ4v) is 1.86. The molecule has 1 aliphatic rings. The predicted octanol–water partition coefficient (Wildman–Crippen LogP) is 2.25. The minimum Gasteiger partial charge on any atom is -0.387 e. The highest BCUT2D eigenvalue weighted by Gasteiger charge is 2.27. The lowest BCUT2D eigenvalue weighted by molar-refractivity contribution is 0.169. The van der Waals surface area contributed by atoms with Crippen molar-refractivity contribution in [2.75, 3.05) is 6.54 Å². The maximum atomic E-state index is 12.7. The van der Waals surface area contributed by atoms with E-state index in [1.54, 1.807) is 12.1 Å². The van der Waals surface area contributed by atoms with Gasteiger partial charge in [0.1, 0.15) is 5.82 Å². The minimum absolute atomic E-state index is 0.268. The summed E-state index contributed by atoms with van der Waals surface area (Å²) in [6.45, 7) is 2.68. The van der Waals surface area contributed by atoms with Crippen molar-refractivity contribution in [3.05, 3.63) is 35.6 Å². The molecular formula is C13H18FNO. The van der Waals surface area contributed by atoms with Crippen molar-refractivity contribution in [3.63, 3.8) is 0 Å². The number of rotatable bonds is 5. The van der Waals surface area contributed by atoms with Gasteiger partial charge in [-0.3, -0.25) is 0 Å². The quantitative estimate of drug-likeness (QED) is 0.802. The Bertz CT molecular complexity index is 334. The lowest BCUT2D eigenvalue weighted by Gasteiger charge is -2.16. The van der Waals surface area contributed by atoms with Crippen molar-refractivity contribution >= 4 is 0 Å². The maximum absolute atomic E-state index is 12.7. The van der Waals surface area contributed by atoms with Gasteiger partial charge in [0.05, 0.1) is 6.10 Å². The van der Waals surface area contributed by atoms with Crippen molar-refractivity contribution in [1.82, 2.24) is 5.32 Å². The topological polar surface area (TPSA) is 32.3 Å². The van der Waals surface area contributed by atoms with E-state index in [0.29, 0.717) is 12.6 Å². The van der Waals surface area contributed by atoms with Crippen molar-refractivity contribution in [3.8, 4) is 0 Å². The second-order valence-electron chi connectivity index (χ2n) is 4.60. The van der Waals surface area contributed by atoms with Crippen LogP contribution in [-0.4, -0.2) is 17.7 Å². The zero-order chi connectivity index (χ0) is 11.5. The molecule has 0 amide bonds. The van der Waals surface area contributed by atoms with Crippen LogP contribution in [0.5, 0.6) is 0 Å². The van der Waals surface area contributed by atoms with Crippen molar-refractivity contribution in [2.45, 2.75) is 31.9 Å². The van der Waals surface area contributed by atoms with E-state index in [1.165, 1.54) is 25.0 Å². The highest BCUT2D eigenvalue weighted by Crippen LogP contribution is 2.32. The highest BCUT2D eigenvalue weighted by atomic mass is 19.1. The molecule has 0 aromatic heterocycles. The van der Waals surface area contributed by atoms with E-state index in [1.807, 2.05) is 0 Å². The molecule has 1 aromatic rings. The summed E-state index contributed by atoms with van der Waals surface area (Å²) in [5.74, 6) is 0.510. The number of hydrogen-bond donors (Lipinski definition) is 2. The number of halogens is 1. The van der Waals surface area contributed by atoms with Crippen LogP contribution in [0, 0.1) is 11.7 Å². The molecule has 0 spiro atoms. The molecule has 88 valence electrons. The summed E-state index contributed by atoms with van der Waals surface area (Å²) in [6, 6.07) is 6.48. The monoisotopic (exact) mass is 223 g/mol. The largest absolute Gasteiger partial charge is 0.387 e. The van der Waals surface area contributed by atoms with E-state index < -0.39 is 6.10 Å². The summed E-state index contributed by atoms with van der Waals surface area (Å²) in [7, 11) is 0. The number of nitrogens with one attached hydrogen (secondary N) is 1. The Morgan fingerprint density at radius 1 is 1.38 bits per heavy atom. The second-order valence-corrected chi connectivity index (χ2v) is 4.60. The van der Waals surface area contributed by atoms with Gasteiger partial charge < -0.3 is 10.4 Å². The van der Waals surface area contributed by atoms with Gasteiger partial charge in [-0.1, -0.05) is 12.1 Å². The van der Waals surface area contributed by atoms with Crippen LogP contribution in [0.2, 0.25) is 0 Å². The predicted molar refractivity (Wildman–Crippen MR) is 61.5 cm³/mol. The first-order valence-corrected chi connectivity index (χ1v) is 5.83. The molecule has 0 aliphatic heterocycles. The third kappa shape index (κ3) is 3.03. The number of aliphatic hydroxyl groups is 1. The van der Waals surface area contributed by atoms with E-state index in [2.05, 4.69) is 12.2 Å². The van der Waals surface area contributed by atoms with Gasteiger partial charge in [-0.2, -0.15) is 0 Å². The average molecular weight is 223 g/mol. The van der Waals surface area contributed by atoms with Gasteiger partial charge in [-0.25, -0.2) is 4.39 Å². The molecule has 0 saturated heterocycles. The molecule has 2 N–H and O–H groups in total. The van der Waals surface area contributed by atoms with E-state index in [0.717, 1.165) is 11.5 Å². The van der Waals surface area contributed by atoms with E-state index >= 15 is 0 Å². The Balaban J connectivity index is 1.82. The smallest absolute Gasteiger partial charge is 0.123 e. The molecule has 2 unspecified atom stereocenters. The fraction of sp³-hybridized carbons (Fsp3) is 0.538. The van der Waals surface area contributed by atoms with Crippen LogP contribution in [0.25, 0.3) is 0 Å². The fourth-order valence-electron chi connectivity index (χ4n) is 1.86. The standard InChI is InChI=1S/C13H18FNO/c1-9(10-2-3-10)15-8-13(16)11-4-6-12(14)7-5-11/h4-7,9-10,13,15-16H,2-3,8H2,1H3. The molecule has 2 rings (SSSR count). The molecule has 0 radical (unpaired) electrons. The Morgan fingerprint density at radius 2 is 2.00 bits per heavy atom. The van der Waals surface area contributed by atoms with E-state index in [-0.39, 0.29) is 5.82 Å². The first kappa shape index (κ1) is 11.6. The van der Waals surface area contributed by atoms with Gasteiger partial charge in [0, 0.05) is 12.6 Å². The highest BCUT2D eigenvalue weighted by molar-refractivity contribution is 5.18. The van der Waals surface area contributed by atoms with Crippen molar-refractivity contribution < 1.29 is 9.50 Å². The molecule has 1 aliphatic carbocycles. The molecule has 0 bridgehead atoms. The Hall–Kier alpha value is -0.930. The second kappa shape index (κ2) is 4.93. The van der Waals surface area contributed by atoms with E-state index in [9.17, 15) is 9.50 Å². The molecule has 2 nitrogen and oxygen atoms in total. The number of benzene rings is 1. The third-order valence-electron chi connectivity index (χ3n) is 3.22. The number of hydrogen-bond acceptors (Lipinski definition) is 2. The van der Waals surface area contributed by atoms with Gasteiger partial charge >= 0.3 is 0 Å². The van der Waals surface area contributed by atoms with Crippen LogP contribution in [-0.2, 0) is 0 Å². The first-order valence-electron chi connectivity index (χ1n) is 5.83. The molecule has 1 saturated carbocycles. The molecule has 2 atom stereocenters. The zero-order valence-corrected chi connectivity index (χ0v) is 9.49. The Kier molecular flexibility index (Phi) is 3.56. The zero-order valence-electron chi connectivity index (χ0n) is 9.49. The summed E-state index contributed by atoms with van der Waals surface area (Å²) in [4.78, 5) is 0. The van der Waals surface area contributed by atoms with Crippen LogP contribution in [0.15, 0.2) is 24.3 Å². The number of aliphatic hydroxyl groups excluding tert-OH is 1. The molecule has 1 aromatic carbocycles. The maximum Gasteiger partial charge on any atom is 0.123 e. The first-order chi connectivity index (χ1) is 7.66. The van der Waals surface area contributed by atoms with Crippen LogP contribution in [0.3, 0.4) is 0 Å². The summed E-state index contributed by atoms with van der Waals surface area (Å²) in [5.41, 5.74) is 0.761. The van der Waals surface area contributed by atoms with Crippen molar-refractivity contribution in [1.29, 1.82) is 0 Å². The SMILES string of the molecule is CC(NCC(O)c1ccc(F)cc1)C1CC1. The van der Waals surface area contributed by atoms with Gasteiger partial charge in [0.25, 0.3) is 0 Å². The van der Waals surface area contributed by atoms with Gasteiger partial charge in [-0.15, -0.1) is 0 Å². The summed E-state index contributed by atoms with van der Waals surface area (Å²) < 4.78 is 12.7. The molecule has 1 fully saturated rings. The van der Waals surface area contributed by atoms with E-state index in [4.69, 9.17) is 0 Å². The van der Waals surface area contributed by atoms with Gasteiger partial charge in [0.15, 0.2) is 0 Å². The Labute approximate surface area is 95.5 Å². The summed E-state index contributed by atoms with van der Waals surface area (Å²) in [5, 5.41) is 13.2. The minimum atomic E-state index is -0.554. The Morgan fingerprint density at radius 3 is 2.56 bits per heavy atom.